The number of aryl methyl sites for hydroxylation is 2. The number of benzene rings is 2. The summed E-state index contributed by atoms with van der Waals surface area (Å²) >= 11 is 0. The van der Waals surface area contributed by atoms with Gasteiger partial charge in [-0.15, -0.1) is 0 Å². The van der Waals surface area contributed by atoms with E-state index < -0.39 is 0 Å². The van der Waals surface area contributed by atoms with Crippen LogP contribution in [-0.4, -0.2) is 20.6 Å². The van der Waals surface area contributed by atoms with Crippen molar-refractivity contribution in [1.82, 2.24) is 30.9 Å². The number of pyridine rings is 1. The number of fused-ring (bicyclic) bond motifs is 1. The Labute approximate surface area is 174 Å². The zero-order valence-corrected chi connectivity index (χ0v) is 16.3. The predicted octanol–water partition coefficient (Wildman–Crippen LogP) is 2.89. The zero-order chi connectivity index (χ0) is 20.3. The third-order valence-electron chi connectivity index (χ3n) is 5.49. The maximum atomic E-state index is 9.28. The summed E-state index contributed by atoms with van der Waals surface area (Å²) in [7, 11) is 0. The molecular weight excluding hydrogens is 374 g/mol. The molecule has 0 bridgehead atoms. The van der Waals surface area contributed by atoms with Crippen LogP contribution in [0.2, 0.25) is 0 Å². The summed E-state index contributed by atoms with van der Waals surface area (Å²) in [6, 6.07) is 20.6. The molecule has 1 aliphatic heterocycles. The molecule has 4 aromatic rings. The molecule has 7 nitrogen and oxygen atoms in total. The van der Waals surface area contributed by atoms with Crippen molar-refractivity contribution < 1.29 is 0 Å². The van der Waals surface area contributed by atoms with Crippen LogP contribution in [0.15, 0.2) is 73.3 Å². The van der Waals surface area contributed by atoms with E-state index in [1.807, 2.05) is 24.7 Å². The third-order valence-corrected chi connectivity index (χ3v) is 5.49. The molecule has 2 aromatic carbocycles. The summed E-state index contributed by atoms with van der Waals surface area (Å²) < 4.78 is 2.10. The summed E-state index contributed by atoms with van der Waals surface area (Å²) in [4.78, 5) is 9.03. The van der Waals surface area contributed by atoms with Crippen LogP contribution < -0.4 is 16.4 Å². The number of nitriles is 1. The molecule has 2 atom stereocenters. The van der Waals surface area contributed by atoms with E-state index in [1.165, 1.54) is 16.3 Å². The molecule has 7 heteroatoms. The van der Waals surface area contributed by atoms with Gasteiger partial charge in [-0.1, -0.05) is 42.5 Å². The molecule has 0 radical (unpaired) electrons. The van der Waals surface area contributed by atoms with Gasteiger partial charge in [0.1, 0.15) is 11.7 Å². The lowest BCUT2D eigenvalue weighted by Crippen LogP contribution is -2.32. The summed E-state index contributed by atoms with van der Waals surface area (Å²) in [6.07, 6.45) is 6.56. The van der Waals surface area contributed by atoms with Gasteiger partial charge in [0, 0.05) is 18.9 Å². The second-order valence-electron chi connectivity index (χ2n) is 7.36. The standard InChI is InChI=1S/C23H21N7/c24-13-21-23(28-29-27-21)18-8-10-25-20(12-18)22-14-30(15-26-22)11-9-17-6-3-5-16-4-1-2-7-19(16)17/h1-8,10,12,14-15,21,23,27-29H,9,11H2. The molecular formula is C23H21N7. The first-order chi connectivity index (χ1) is 14.8. The summed E-state index contributed by atoms with van der Waals surface area (Å²) in [5, 5.41) is 11.8. The van der Waals surface area contributed by atoms with Crippen molar-refractivity contribution in [2.75, 3.05) is 0 Å². The molecule has 1 fully saturated rings. The van der Waals surface area contributed by atoms with Crippen LogP contribution in [0, 0.1) is 11.3 Å². The minimum absolute atomic E-state index is 0.148. The number of nitrogens with zero attached hydrogens (tertiary/aromatic N) is 4. The number of nitrogens with one attached hydrogen (secondary N) is 3. The normalized spacial score (nSPS) is 18.5. The van der Waals surface area contributed by atoms with Gasteiger partial charge in [0.15, 0.2) is 0 Å². The van der Waals surface area contributed by atoms with Gasteiger partial charge in [0.2, 0.25) is 0 Å². The molecule has 148 valence electrons. The highest BCUT2D eigenvalue weighted by Gasteiger charge is 2.28. The average Bonchev–Trinajstić information content (AvgIpc) is 3.47. The second kappa shape index (κ2) is 8.05. The Balaban J connectivity index is 1.33. The maximum Gasteiger partial charge on any atom is 0.130 e. The van der Waals surface area contributed by atoms with Crippen molar-refractivity contribution >= 4 is 10.8 Å². The van der Waals surface area contributed by atoms with Crippen LogP contribution in [-0.2, 0) is 13.0 Å². The molecule has 0 spiro atoms. The average molecular weight is 395 g/mol. The van der Waals surface area contributed by atoms with E-state index in [1.54, 1.807) is 6.20 Å². The highest BCUT2D eigenvalue weighted by molar-refractivity contribution is 5.85. The fourth-order valence-corrected chi connectivity index (χ4v) is 3.90. The van der Waals surface area contributed by atoms with Crippen molar-refractivity contribution in [1.29, 1.82) is 5.26 Å². The summed E-state index contributed by atoms with van der Waals surface area (Å²) in [5.74, 6) is 0. The Bertz CT molecular complexity index is 1220. The molecule has 30 heavy (non-hydrogen) atoms. The SMILES string of the molecule is N#CC1NNNC1c1ccnc(-c2cn(CCc3cccc4ccccc34)cn2)c1. The Morgan fingerprint density at radius 2 is 1.90 bits per heavy atom. The molecule has 2 unspecified atom stereocenters. The number of hydrogen-bond donors (Lipinski definition) is 3. The first kappa shape index (κ1) is 18.5. The Morgan fingerprint density at radius 3 is 2.83 bits per heavy atom. The van der Waals surface area contributed by atoms with Gasteiger partial charge in [0.25, 0.3) is 0 Å². The highest BCUT2D eigenvalue weighted by Crippen LogP contribution is 2.23. The Hall–Kier alpha value is -3.57. The smallest absolute Gasteiger partial charge is 0.130 e. The van der Waals surface area contributed by atoms with Gasteiger partial charge in [-0.25, -0.2) is 15.8 Å². The van der Waals surface area contributed by atoms with Crippen molar-refractivity contribution in [3.63, 3.8) is 0 Å². The van der Waals surface area contributed by atoms with Gasteiger partial charge in [-0.3, -0.25) is 4.98 Å². The molecule has 1 saturated heterocycles. The number of rotatable bonds is 5. The van der Waals surface area contributed by atoms with E-state index in [9.17, 15) is 5.26 Å². The van der Waals surface area contributed by atoms with Crippen LogP contribution in [0.4, 0.5) is 0 Å². The fraction of sp³-hybridized carbons (Fsp3) is 0.174. The summed E-state index contributed by atoms with van der Waals surface area (Å²) in [6.45, 7) is 0.842. The first-order valence-corrected chi connectivity index (χ1v) is 9.92. The quantitative estimate of drug-likeness (QED) is 0.481. The Kier molecular flexibility index (Phi) is 4.95. The van der Waals surface area contributed by atoms with E-state index in [4.69, 9.17) is 0 Å². The van der Waals surface area contributed by atoms with Gasteiger partial charge in [-0.05, 0) is 40.5 Å². The molecule has 0 saturated carbocycles. The Morgan fingerprint density at radius 1 is 1.00 bits per heavy atom. The highest BCUT2D eigenvalue weighted by atomic mass is 15.7. The molecule has 0 amide bonds. The van der Waals surface area contributed by atoms with Crippen molar-refractivity contribution in [2.45, 2.75) is 25.0 Å². The largest absolute Gasteiger partial charge is 0.336 e. The molecule has 1 aliphatic rings. The minimum Gasteiger partial charge on any atom is -0.336 e. The molecule has 5 rings (SSSR count). The van der Waals surface area contributed by atoms with Crippen LogP contribution in [0.3, 0.4) is 0 Å². The first-order valence-electron chi connectivity index (χ1n) is 9.92. The molecule has 3 N–H and O–H groups in total. The van der Waals surface area contributed by atoms with Crippen molar-refractivity contribution in [2.24, 2.45) is 0 Å². The van der Waals surface area contributed by atoms with Gasteiger partial charge in [-0.2, -0.15) is 10.8 Å². The fourth-order valence-electron chi connectivity index (χ4n) is 3.90. The second-order valence-corrected chi connectivity index (χ2v) is 7.36. The molecule has 0 aliphatic carbocycles. The van der Waals surface area contributed by atoms with Crippen molar-refractivity contribution in [3.8, 4) is 17.5 Å². The lowest BCUT2D eigenvalue weighted by Gasteiger charge is -2.12. The zero-order valence-electron chi connectivity index (χ0n) is 16.3. The van der Waals surface area contributed by atoms with Crippen LogP contribution in [0.5, 0.6) is 0 Å². The third kappa shape index (κ3) is 3.55. The maximum absolute atomic E-state index is 9.28. The predicted molar refractivity (Wildman–Crippen MR) is 115 cm³/mol. The van der Waals surface area contributed by atoms with Crippen LogP contribution in [0.25, 0.3) is 22.2 Å². The molecule has 3 heterocycles. The van der Waals surface area contributed by atoms with Gasteiger partial charge >= 0.3 is 0 Å². The monoisotopic (exact) mass is 395 g/mol. The van der Waals surface area contributed by atoms with Crippen molar-refractivity contribution in [3.05, 3.63) is 84.4 Å². The van der Waals surface area contributed by atoms with Gasteiger partial charge in [0.05, 0.1) is 24.1 Å². The van der Waals surface area contributed by atoms with Gasteiger partial charge < -0.3 is 4.57 Å². The van der Waals surface area contributed by atoms with E-state index in [0.717, 1.165) is 29.9 Å². The summed E-state index contributed by atoms with van der Waals surface area (Å²) in [5.41, 5.74) is 12.7. The van der Waals surface area contributed by atoms with E-state index in [2.05, 4.69) is 79.5 Å². The molecule has 2 aromatic heterocycles. The topological polar surface area (TPSA) is 90.6 Å². The van der Waals surface area contributed by atoms with Crippen LogP contribution in [0.1, 0.15) is 17.2 Å². The van der Waals surface area contributed by atoms with Crippen LogP contribution >= 0.6 is 0 Å². The number of hydrogen-bond acceptors (Lipinski definition) is 6. The lowest BCUT2D eigenvalue weighted by molar-refractivity contribution is 0.555. The number of aromatic nitrogens is 3. The van der Waals surface area contributed by atoms with E-state index >= 15 is 0 Å². The minimum atomic E-state index is -0.349. The lowest BCUT2D eigenvalue weighted by atomic mass is 10.0. The number of imidazole rings is 1. The number of hydrazine groups is 2. The van der Waals surface area contributed by atoms with E-state index in [0.29, 0.717) is 0 Å². The van der Waals surface area contributed by atoms with E-state index in [-0.39, 0.29) is 12.1 Å².